The summed E-state index contributed by atoms with van der Waals surface area (Å²) in [7, 11) is 1.73. The van der Waals surface area contributed by atoms with Gasteiger partial charge in [-0.2, -0.15) is 0 Å². The van der Waals surface area contributed by atoms with Crippen LogP contribution >= 0.6 is 0 Å². The highest BCUT2D eigenvalue weighted by molar-refractivity contribution is 5.36. The van der Waals surface area contributed by atoms with Crippen LogP contribution in [0.4, 0.5) is 0 Å². The standard InChI is InChI=1S/C17H27NO/c1-13-11-14(5-8-16(13)19-4)9-10-17(2,3)12-18-15-6-7-15/h5,8,11,15,18H,6-7,9-10,12H2,1-4H3. The van der Waals surface area contributed by atoms with Crippen molar-refractivity contribution in [3.63, 3.8) is 0 Å². The maximum atomic E-state index is 5.31. The normalized spacial score (nSPS) is 15.6. The molecule has 1 aromatic carbocycles. The van der Waals surface area contributed by atoms with Crippen molar-refractivity contribution in [1.82, 2.24) is 5.32 Å². The molecule has 0 atom stereocenters. The fraction of sp³-hybridized carbons (Fsp3) is 0.647. The second-order valence-corrected chi connectivity index (χ2v) is 6.62. The van der Waals surface area contributed by atoms with Gasteiger partial charge in [0.25, 0.3) is 0 Å². The Morgan fingerprint density at radius 1 is 1.32 bits per heavy atom. The molecule has 2 nitrogen and oxygen atoms in total. The number of aryl methyl sites for hydroxylation is 2. The molecule has 2 heteroatoms. The van der Waals surface area contributed by atoms with Crippen molar-refractivity contribution in [2.24, 2.45) is 5.41 Å². The number of benzene rings is 1. The highest BCUT2D eigenvalue weighted by Gasteiger charge is 2.25. The van der Waals surface area contributed by atoms with E-state index in [1.165, 1.54) is 30.4 Å². The lowest BCUT2D eigenvalue weighted by atomic mass is 9.86. The van der Waals surface area contributed by atoms with Crippen molar-refractivity contribution in [2.75, 3.05) is 13.7 Å². The second-order valence-electron chi connectivity index (χ2n) is 6.62. The maximum Gasteiger partial charge on any atom is 0.121 e. The predicted octanol–water partition coefficient (Wildman–Crippen LogP) is 3.71. The van der Waals surface area contributed by atoms with Crippen molar-refractivity contribution < 1.29 is 4.74 Å². The maximum absolute atomic E-state index is 5.31. The summed E-state index contributed by atoms with van der Waals surface area (Å²) < 4.78 is 5.31. The minimum Gasteiger partial charge on any atom is -0.496 e. The molecule has 0 saturated heterocycles. The number of rotatable bonds is 7. The van der Waals surface area contributed by atoms with Crippen LogP contribution in [0.2, 0.25) is 0 Å². The molecular formula is C17H27NO. The summed E-state index contributed by atoms with van der Waals surface area (Å²) >= 11 is 0. The van der Waals surface area contributed by atoms with Gasteiger partial charge in [-0.15, -0.1) is 0 Å². The van der Waals surface area contributed by atoms with Crippen LogP contribution in [-0.4, -0.2) is 19.7 Å². The van der Waals surface area contributed by atoms with E-state index in [0.717, 1.165) is 24.8 Å². The molecule has 1 aliphatic carbocycles. The van der Waals surface area contributed by atoms with Crippen LogP contribution in [0.25, 0.3) is 0 Å². The van der Waals surface area contributed by atoms with Gasteiger partial charge in [-0.3, -0.25) is 0 Å². The Kier molecular flexibility index (Phi) is 4.51. The third kappa shape index (κ3) is 4.54. The molecule has 1 N–H and O–H groups in total. The average Bonchev–Trinajstić information content (AvgIpc) is 3.18. The molecule has 0 amide bonds. The average molecular weight is 261 g/mol. The van der Waals surface area contributed by atoms with Gasteiger partial charge in [0.15, 0.2) is 0 Å². The smallest absolute Gasteiger partial charge is 0.121 e. The molecule has 0 spiro atoms. The quantitative estimate of drug-likeness (QED) is 0.808. The summed E-state index contributed by atoms with van der Waals surface area (Å²) in [5.41, 5.74) is 3.02. The Morgan fingerprint density at radius 2 is 2.05 bits per heavy atom. The SMILES string of the molecule is COc1ccc(CCC(C)(C)CNC2CC2)cc1C. The first kappa shape index (κ1) is 14.4. The first-order valence-electron chi connectivity index (χ1n) is 7.37. The zero-order valence-corrected chi connectivity index (χ0v) is 12.8. The van der Waals surface area contributed by atoms with Gasteiger partial charge >= 0.3 is 0 Å². The van der Waals surface area contributed by atoms with Crippen LogP contribution in [0.5, 0.6) is 5.75 Å². The van der Waals surface area contributed by atoms with E-state index in [9.17, 15) is 0 Å². The van der Waals surface area contributed by atoms with Crippen LogP contribution in [0.1, 0.15) is 44.2 Å². The Labute approximate surface area is 117 Å². The van der Waals surface area contributed by atoms with Crippen molar-refractivity contribution in [2.45, 2.75) is 52.5 Å². The summed E-state index contributed by atoms with van der Waals surface area (Å²) in [6.45, 7) is 7.96. The lowest BCUT2D eigenvalue weighted by Crippen LogP contribution is -2.31. The number of ether oxygens (including phenoxy) is 1. The summed E-state index contributed by atoms with van der Waals surface area (Å²) in [6, 6.07) is 7.34. The summed E-state index contributed by atoms with van der Waals surface area (Å²) in [4.78, 5) is 0. The third-order valence-corrected chi connectivity index (χ3v) is 4.00. The highest BCUT2D eigenvalue weighted by Crippen LogP contribution is 2.26. The third-order valence-electron chi connectivity index (χ3n) is 4.00. The molecule has 0 aliphatic heterocycles. The molecule has 0 heterocycles. The van der Waals surface area contributed by atoms with Crippen molar-refractivity contribution >= 4 is 0 Å². The Hall–Kier alpha value is -1.02. The van der Waals surface area contributed by atoms with E-state index in [4.69, 9.17) is 4.74 Å². The first-order valence-corrected chi connectivity index (χ1v) is 7.37. The van der Waals surface area contributed by atoms with E-state index >= 15 is 0 Å². The van der Waals surface area contributed by atoms with Gasteiger partial charge in [0.05, 0.1) is 7.11 Å². The molecule has 0 aromatic heterocycles. The predicted molar refractivity (Wildman–Crippen MR) is 80.9 cm³/mol. The van der Waals surface area contributed by atoms with Gasteiger partial charge in [-0.25, -0.2) is 0 Å². The lowest BCUT2D eigenvalue weighted by Gasteiger charge is -2.25. The summed E-state index contributed by atoms with van der Waals surface area (Å²) in [6.07, 6.45) is 5.10. The van der Waals surface area contributed by atoms with Crippen LogP contribution in [-0.2, 0) is 6.42 Å². The van der Waals surface area contributed by atoms with E-state index in [1.807, 2.05) is 0 Å². The summed E-state index contributed by atoms with van der Waals surface area (Å²) in [5, 5.41) is 3.64. The first-order chi connectivity index (χ1) is 9.00. The van der Waals surface area contributed by atoms with Gasteiger partial charge in [0.2, 0.25) is 0 Å². The molecule has 1 saturated carbocycles. The van der Waals surface area contributed by atoms with Gasteiger partial charge < -0.3 is 10.1 Å². The van der Waals surface area contributed by atoms with E-state index in [1.54, 1.807) is 7.11 Å². The van der Waals surface area contributed by atoms with Gasteiger partial charge in [0, 0.05) is 12.6 Å². The molecule has 2 rings (SSSR count). The number of nitrogens with one attached hydrogen (secondary N) is 1. The van der Waals surface area contributed by atoms with Gasteiger partial charge in [0.1, 0.15) is 5.75 Å². The van der Waals surface area contributed by atoms with Crippen LogP contribution in [0.15, 0.2) is 18.2 Å². The van der Waals surface area contributed by atoms with Crippen LogP contribution in [0.3, 0.4) is 0 Å². The minimum absolute atomic E-state index is 0.371. The van der Waals surface area contributed by atoms with Gasteiger partial charge in [-0.1, -0.05) is 26.0 Å². The Balaban J connectivity index is 1.84. The molecule has 0 bridgehead atoms. The Bertz CT molecular complexity index is 421. The topological polar surface area (TPSA) is 21.3 Å². The molecular weight excluding hydrogens is 234 g/mol. The number of methoxy groups -OCH3 is 1. The molecule has 19 heavy (non-hydrogen) atoms. The highest BCUT2D eigenvalue weighted by atomic mass is 16.5. The molecule has 106 valence electrons. The second kappa shape index (κ2) is 5.96. The zero-order chi connectivity index (χ0) is 13.9. The van der Waals surface area contributed by atoms with E-state index in [0.29, 0.717) is 5.41 Å². The van der Waals surface area contributed by atoms with Crippen molar-refractivity contribution in [3.05, 3.63) is 29.3 Å². The lowest BCUT2D eigenvalue weighted by molar-refractivity contribution is 0.313. The zero-order valence-electron chi connectivity index (χ0n) is 12.8. The van der Waals surface area contributed by atoms with Crippen LogP contribution in [0, 0.1) is 12.3 Å². The molecule has 1 aliphatic rings. The van der Waals surface area contributed by atoms with E-state index in [-0.39, 0.29) is 0 Å². The molecule has 1 aromatic rings. The van der Waals surface area contributed by atoms with E-state index in [2.05, 4.69) is 44.3 Å². The Morgan fingerprint density at radius 3 is 2.63 bits per heavy atom. The number of hydrogen-bond donors (Lipinski definition) is 1. The molecule has 0 radical (unpaired) electrons. The fourth-order valence-electron chi connectivity index (χ4n) is 2.38. The van der Waals surface area contributed by atoms with Crippen molar-refractivity contribution in [1.29, 1.82) is 0 Å². The largest absolute Gasteiger partial charge is 0.496 e. The van der Waals surface area contributed by atoms with E-state index < -0.39 is 0 Å². The minimum atomic E-state index is 0.371. The monoisotopic (exact) mass is 261 g/mol. The van der Waals surface area contributed by atoms with Crippen molar-refractivity contribution in [3.8, 4) is 5.75 Å². The molecule has 0 unspecified atom stereocenters. The number of hydrogen-bond acceptors (Lipinski definition) is 2. The molecule has 1 fully saturated rings. The van der Waals surface area contributed by atoms with Crippen LogP contribution < -0.4 is 10.1 Å². The van der Waals surface area contributed by atoms with Gasteiger partial charge in [-0.05, 0) is 55.2 Å². The summed E-state index contributed by atoms with van der Waals surface area (Å²) in [5.74, 6) is 0.985. The fourth-order valence-corrected chi connectivity index (χ4v) is 2.38.